The molecule has 0 aliphatic carbocycles. The highest BCUT2D eigenvalue weighted by molar-refractivity contribution is 7.89. The number of hydrogen-bond donors (Lipinski definition) is 1. The van der Waals surface area contributed by atoms with Gasteiger partial charge in [-0.15, -0.1) is 0 Å². The van der Waals surface area contributed by atoms with E-state index in [0.717, 1.165) is 5.69 Å². The van der Waals surface area contributed by atoms with Gasteiger partial charge in [-0.25, -0.2) is 23.1 Å². The van der Waals surface area contributed by atoms with E-state index in [2.05, 4.69) is 14.7 Å². The van der Waals surface area contributed by atoms with Gasteiger partial charge in [0.1, 0.15) is 6.33 Å². The Morgan fingerprint density at radius 3 is 2.56 bits per heavy atom. The van der Waals surface area contributed by atoms with Crippen LogP contribution in [0.2, 0.25) is 0 Å². The first-order chi connectivity index (χ1) is 8.58. The van der Waals surface area contributed by atoms with Gasteiger partial charge in [-0.05, 0) is 25.1 Å². The number of nitrogens with zero attached hydrogens (tertiary/aromatic N) is 2. The van der Waals surface area contributed by atoms with Crippen LogP contribution in [0.4, 0.5) is 0 Å². The van der Waals surface area contributed by atoms with Gasteiger partial charge in [-0.2, -0.15) is 0 Å². The summed E-state index contributed by atoms with van der Waals surface area (Å²) in [6.45, 7) is 1.98. The Bertz CT molecular complexity index is 627. The summed E-state index contributed by atoms with van der Waals surface area (Å²) in [5.41, 5.74) is 1.45. The third-order valence-electron chi connectivity index (χ3n) is 2.36. The lowest BCUT2D eigenvalue weighted by molar-refractivity contribution is 0.580. The molecule has 18 heavy (non-hydrogen) atoms. The highest BCUT2D eigenvalue weighted by Gasteiger charge is 2.12. The third kappa shape index (κ3) is 3.12. The number of rotatable bonds is 4. The molecular formula is C12H13N3O2S. The zero-order valence-corrected chi connectivity index (χ0v) is 10.7. The molecule has 1 N–H and O–H groups in total. The molecule has 0 radical (unpaired) electrons. The van der Waals surface area contributed by atoms with Gasteiger partial charge in [0, 0.05) is 5.69 Å². The molecule has 2 rings (SSSR count). The second-order valence-electron chi connectivity index (χ2n) is 3.79. The standard InChI is InChI=1S/C12H13N3O2S/c1-10-7-11(14-9-13-10)8-15-18(16,17)12-5-3-2-4-6-12/h2-7,9,15H,8H2,1H3. The Hall–Kier alpha value is -1.79. The molecule has 2 aromatic rings. The topological polar surface area (TPSA) is 72.0 Å². The first-order valence-corrected chi connectivity index (χ1v) is 6.88. The van der Waals surface area contributed by atoms with E-state index in [1.807, 2.05) is 6.92 Å². The zero-order valence-electron chi connectivity index (χ0n) is 9.87. The molecule has 6 heteroatoms. The highest BCUT2D eigenvalue weighted by atomic mass is 32.2. The van der Waals surface area contributed by atoms with Crippen molar-refractivity contribution >= 4 is 10.0 Å². The molecule has 0 aliphatic rings. The minimum Gasteiger partial charge on any atom is -0.242 e. The third-order valence-corrected chi connectivity index (χ3v) is 3.77. The van der Waals surface area contributed by atoms with Crippen LogP contribution >= 0.6 is 0 Å². The van der Waals surface area contributed by atoms with Crippen molar-refractivity contribution in [3.05, 3.63) is 54.1 Å². The van der Waals surface area contributed by atoms with Crippen molar-refractivity contribution in [1.82, 2.24) is 14.7 Å². The number of benzene rings is 1. The average molecular weight is 263 g/mol. The summed E-state index contributed by atoms with van der Waals surface area (Å²) in [5.74, 6) is 0. The molecule has 0 unspecified atom stereocenters. The Balaban J connectivity index is 2.11. The smallest absolute Gasteiger partial charge is 0.240 e. The lowest BCUT2D eigenvalue weighted by Crippen LogP contribution is -2.23. The second kappa shape index (κ2) is 5.24. The lowest BCUT2D eigenvalue weighted by atomic mass is 10.3. The van der Waals surface area contributed by atoms with E-state index >= 15 is 0 Å². The van der Waals surface area contributed by atoms with Crippen LogP contribution in [0.25, 0.3) is 0 Å². The molecule has 0 saturated heterocycles. The number of nitrogens with one attached hydrogen (secondary N) is 1. The normalized spacial score (nSPS) is 11.4. The van der Waals surface area contributed by atoms with Crippen molar-refractivity contribution in [2.24, 2.45) is 0 Å². The van der Waals surface area contributed by atoms with Crippen LogP contribution in [0.5, 0.6) is 0 Å². The molecule has 0 amide bonds. The van der Waals surface area contributed by atoms with Crippen molar-refractivity contribution < 1.29 is 8.42 Å². The fourth-order valence-electron chi connectivity index (χ4n) is 1.46. The van der Waals surface area contributed by atoms with E-state index < -0.39 is 10.0 Å². The van der Waals surface area contributed by atoms with Gasteiger partial charge in [-0.1, -0.05) is 18.2 Å². The van der Waals surface area contributed by atoms with Gasteiger partial charge in [-0.3, -0.25) is 0 Å². The van der Waals surface area contributed by atoms with Crippen molar-refractivity contribution in [1.29, 1.82) is 0 Å². The summed E-state index contributed by atoms with van der Waals surface area (Å²) < 4.78 is 26.4. The summed E-state index contributed by atoms with van der Waals surface area (Å²) in [7, 11) is -3.48. The van der Waals surface area contributed by atoms with Crippen molar-refractivity contribution in [2.75, 3.05) is 0 Å². The van der Waals surface area contributed by atoms with Gasteiger partial charge in [0.2, 0.25) is 10.0 Å². The van der Waals surface area contributed by atoms with Crippen LogP contribution < -0.4 is 4.72 Å². The van der Waals surface area contributed by atoms with Crippen LogP contribution in [0.1, 0.15) is 11.4 Å². The zero-order chi connectivity index (χ0) is 13.0. The summed E-state index contributed by atoms with van der Waals surface area (Å²) >= 11 is 0. The molecule has 1 aromatic carbocycles. The molecule has 0 bridgehead atoms. The average Bonchev–Trinajstić information content (AvgIpc) is 2.38. The van der Waals surface area contributed by atoms with Gasteiger partial charge in [0.15, 0.2) is 0 Å². The maximum atomic E-state index is 11.9. The molecule has 94 valence electrons. The predicted molar refractivity (Wildman–Crippen MR) is 67.2 cm³/mol. The van der Waals surface area contributed by atoms with E-state index in [4.69, 9.17) is 0 Å². The molecule has 0 aliphatic heterocycles. The van der Waals surface area contributed by atoms with Gasteiger partial charge in [0.05, 0.1) is 17.1 Å². The van der Waals surface area contributed by atoms with Crippen molar-refractivity contribution in [2.45, 2.75) is 18.4 Å². The molecule has 1 aromatic heterocycles. The molecular weight excluding hydrogens is 250 g/mol. The summed E-state index contributed by atoms with van der Waals surface area (Å²) in [4.78, 5) is 8.20. The van der Waals surface area contributed by atoms with E-state index in [1.54, 1.807) is 36.4 Å². The highest BCUT2D eigenvalue weighted by Crippen LogP contribution is 2.07. The minimum absolute atomic E-state index is 0.153. The minimum atomic E-state index is -3.48. The molecule has 0 atom stereocenters. The maximum absolute atomic E-state index is 11.9. The number of sulfonamides is 1. The summed E-state index contributed by atoms with van der Waals surface area (Å²) in [5, 5.41) is 0. The van der Waals surface area contributed by atoms with Crippen LogP contribution in [0, 0.1) is 6.92 Å². The van der Waals surface area contributed by atoms with Crippen molar-refractivity contribution in [3.63, 3.8) is 0 Å². The second-order valence-corrected chi connectivity index (χ2v) is 5.56. The fraction of sp³-hybridized carbons (Fsp3) is 0.167. The SMILES string of the molecule is Cc1cc(CNS(=O)(=O)c2ccccc2)ncn1. The molecule has 0 saturated carbocycles. The van der Waals surface area contributed by atoms with Crippen LogP contribution in [-0.2, 0) is 16.6 Å². The van der Waals surface area contributed by atoms with Crippen molar-refractivity contribution in [3.8, 4) is 0 Å². The molecule has 0 fully saturated rings. The van der Waals surface area contributed by atoms with E-state index in [0.29, 0.717) is 5.69 Å². The maximum Gasteiger partial charge on any atom is 0.240 e. The predicted octanol–water partition coefficient (Wildman–Crippen LogP) is 1.26. The summed E-state index contributed by atoms with van der Waals surface area (Å²) in [6, 6.07) is 9.98. The van der Waals surface area contributed by atoms with Gasteiger partial charge >= 0.3 is 0 Å². The Labute approximate surface area is 106 Å². The monoisotopic (exact) mass is 263 g/mol. The van der Waals surface area contributed by atoms with Crippen LogP contribution in [-0.4, -0.2) is 18.4 Å². The first-order valence-electron chi connectivity index (χ1n) is 5.40. The number of aryl methyl sites for hydroxylation is 1. The molecule has 5 nitrogen and oxygen atoms in total. The van der Waals surface area contributed by atoms with Crippen LogP contribution in [0.3, 0.4) is 0 Å². The molecule has 0 spiro atoms. The fourth-order valence-corrected chi connectivity index (χ4v) is 2.48. The molecule has 1 heterocycles. The van der Waals surface area contributed by atoms with Crippen LogP contribution in [0.15, 0.2) is 47.6 Å². The first kappa shape index (κ1) is 12.7. The summed E-state index contributed by atoms with van der Waals surface area (Å²) in [6.07, 6.45) is 1.42. The van der Waals surface area contributed by atoms with E-state index in [9.17, 15) is 8.42 Å². The van der Waals surface area contributed by atoms with E-state index in [1.165, 1.54) is 6.33 Å². The Morgan fingerprint density at radius 1 is 1.17 bits per heavy atom. The number of aromatic nitrogens is 2. The largest absolute Gasteiger partial charge is 0.242 e. The Morgan fingerprint density at radius 2 is 1.89 bits per heavy atom. The lowest BCUT2D eigenvalue weighted by Gasteiger charge is -2.06. The van der Waals surface area contributed by atoms with Gasteiger partial charge in [0.25, 0.3) is 0 Å². The quantitative estimate of drug-likeness (QED) is 0.901. The van der Waals surface area contributed by atoms with E-state index in [-0.39, 0.29) is 11.4 Å². The number of hydrogen-bond acceptors (Lipinski definition) is 4. The van der Waals surface area contributed by atoms with Gasteiger partial charge < -0.3 is 0 Å². The Kier molecular flexibility index (Phi) is 3.69.